The largest absolute Gasteiger partial charge is 0.496 e. The van der Waals surface area contributed by atoms with Gasteiger partial charge < -0.3 is 34.5 Å². The Balaban J connectivity index is 1.03. The van der Waals surface area contributed by atoms with Crippen molar-refractivity contribution < 1.29 is 28.5 Å². The summed E-state index contributed by atoms with van der Waals surface area (Å²) < 4.78 is 22.6. The summed E-state index contributed by atoms with van der Waals surface area (Å²) in [4.78, 5) is 37.0. The molecular formula is C30H34N6O6. The third kappa shape index (κ3) is 6.39. The van der Waals surface area contributed by atoms with E-state index in [2.05, 4.69) is 39.7 Å². The van der Waals surface area contributed by atoms with Gasteiger partial charge in [-0.1, -0.05) is 18.2 Å². The third-order valence-electron chi connectivity index (χ3n) is 7.45. The number of nitrogens with one attached hydrogen (secondary N) is 2. The molecule has 12 nitrogen and oxygen atoms in total. The molecule has 0 bridgehead atoms. The van der Waals surface area contributed by atoms with E-state index in [1.54, 1.807) is 19.2 Å². The third-order valence-corrected chi connectivity index (χ3v) is 7.45. The fourth-order valence-corrected chi connectivity index (χ4v) is 5.27. The van der Waals surface area contributed by atoms with Crippen LogP contribution in [0.25, 0.3) is 11.3 Å². The first-order valence-corrected chi connectivity index (χ1v) is 14.1. The van der Waals surface area contributed by atoms with Crippen molar-refractivity contribution in [3.8, 4) is 28.6 Å². The molecule has 3 aromatic rings. The number of carbonyl (C=O) groups is 2. The number of rotatable bonds is 10. The van der Waals surface area contributed by atoms with E-state index >= 15 is 0 Å². The van der Waals surface area contributed by atoms with Gasteiger partial charge in [-0.05, 0) is 50.2 Å². The summed E-state index contributed by atoms with van der Waals surface area (Å²) >= 11 is 0. The Hall–Kier alpha value is -4.42. The van der Waals surface area contributed by atoms with Crippen LogP contribution in [0.5, 0.6) is 17.4 Å². The number of aromatic nitrogens is 2. The van der Waals surface area contributed by atoms with Crippen molar-refractivity contribution in [2.75, 3.05) is 57.2 Å². The minimum Gasteiger partial charge on any atom is -0.496 e. The second-order valence-electron chi connectivity index (χ2n) is 10.7. The van der Waals surface area contributed by atoms with Crippen molar-refractivity contribution >= 4 is 23.6 Å². The van der Waals surface area contributed by atoms with E-state index in [4.69, 9.17) is 23.9 Å². The Bertz CT molecular complexity index is 1470. The highest BCUT2D eigenvalue weighted by Crippen LogP contribution is 2.31. The van der Waals surface area contributed by atoms with E-state index in [1.165, 1.54) is 4.90 Å². The van der Waals surface area contributed by atoms with Gasteiger partial charge in [-0.15, -0.1) is 0 Å². The Labute approximate surface area is 243 Å². The maximum atomic E-state index is 12.5. The Kier molecular flexibility index (Phi) is 8.06. The summed E-state index contributed by atoms with van der Waals surface area (Å²) in [6.45, 7) is 3.52. The number of anilines is 2. The highest BCUT2D eigenvalue weighted by Gasteiger charge is 2.33. The van der Waals surface area contributed by atoms with Crippen molar-refractivity contribution in [3.05, 3.63) is 54.1 Å². The maximum Gasteiger partial charge on any atom is 0.415 e. The highest BCUT2D eigenvalue weighted by molar-refractivity contribution is 5.95. The van der Waals surface area contributed by atoms with Crippen molar-refractivity contribution in [1.82, 2.24) is 20.2 Å². The van der Waals surface area contributed by atoms with E-state index in [-0.39, 0.29) is 24.7 Å². The SMILES string of the molecule is COc1cc(OC2CCN(C)C2)nc(-c2cccc(CNCCC3CN(c4ccc5c(n4)NC(=O)CO5)C(=O)O3)c2)c1. The molecule has 3 aliphatic rings. The molecule has 0 spiro atoms. The molecule has 2 fully saturated rings. The quantitative estimate of drug-likeness (QED) is 0.349. The average Bonchev–Trinajstić information content (AvgIpc) is 3.58. The number of likely N-dealkylation sites (tertiary alicyclic amines) is 1. The van der Waals surface area contributed by atoms with Gasteiger partial charge in [0.05, 0.1) is 19.3 Å². The molecule has 1 aromatic carbocycles. The number of pyridine rings is 2. The number of carbonyl (C=O) groups excluding carboxylic acids is 2. The summed E-state index contributed by atoms with van der Waals surface area (Å²) in [7, 11) is 3.74. The molecule has 2 saturated heterocycles. The van der Waals surface area contributed by atoms with E-state index in [9.17, 15) is 9.59 Å². The minimum absolute atomic E-state index is 0.0501. The molecule has 5 heterocycles. The zero-order chi connectivity index (χ0) is 29.1. The Morgan fingerprint density at radius 1 is 1.12 bits per heavy atom. The van der Waals surface area contributed by atoms with Gasteiger partial charge >= 0.3 is 6.09 Å². The van der Waals surface area contributed by atoms with E-state index in [0.29, 0.717) is 55.1 Å². The van der Waals surface area contributed by atoms with Crippen LogP contribution in [0, 0.1) is 0 Å². The van der Waals surface area contributed by atoms with Gasteiger partial charge in [0.2, 0.25) is 5.88 Å². The van der Waals surface area contributed by atoms with E-state index in [0.717, 1.165) is 36.3 Å². The summed E-state index contributed by atoms with van der Waals surface area (Å²) in [6, 6.07) is 15.3. The fraction of sp³-hybridized carbons (Fsp3) is 0.400. The molecule has 3 aliphatic heterocycles. The summed E-state index contributed by atoms with van der Waals surface area (Å²) in [5, 5.41) is 6.11. The van der Waals surface area contributed by atoms with Crippen LogP contribution in [0.1, 0.15) is 18.4 Å². The molecule has 6 rings (SSSR count). The molecular weight excluding hydrogens is 540 g/mol. The fourth-order valence-electron chi connectivity index (χ4n) is 5.27. The summed E-state index contributed by atoms with van der Waals surface area (Å²) in [5.74, 6) is 2.18. The van der Waals surface area contributed by atoms with Gasteiger partial charge in [0, 0.05) is 37.3 Å². The van der Waals surface area contributed by atoms with Crippen molar-refractivity contribution in [2.24, 2.45) is 0 Å². The minimum atomic E-state index is -0.461. The highest BCUT2D eigenvalue weighted by atomic mass is 16.6. The number of fused-ring (bicyclic) bond motifs is 1. The van der Waals surface area contributed by atoms with Gasteiger partial charge in [0.1, 0.15) is 23.8 Å². The zero-order valence-corrected chi connectivity index (χ0v) is 23.7. The number of hydrogen-bond acceptors (Lipinski definition) is 10. The number of benzene rings is 1. The molecule has 2 unspecified atom stereocenters. The zero-order valence-electron chi connectivity index (χ0n) is 23.7. The predicted octanol–water partition coefficient (Wildman–Crippen LogP) is 3.07. The number of likely N-dealkylation sites (N-methyl/N-ethyl adjacent to an activating group) is 1. The second-order valence-corrected chi connectivity index (χ2v) is 10.7. The smallest absolute Gasteiger partial charge is 0.415 e. The monoisotopic (exact) mass is 574 g/mol. The molecule has 12 heteroatoms. The molecule has 2 amide bonds. The molecule has 0 saturated carbocycles. The second kappa shape index (κ2) is 12.2. The molecule has 220 valence electrons. The lowest BCUT2D eigenvalue weighted by atomic mass is 10.1. The maximum absolute atomic E-state index is 12.5. The molecule has 0 aliphatic carbocycles. The average molecular weight is 575 g/mol. The standard InChI is InChI=1S/C30H34N6O6/c1-35-11-9-22(16-35)41-28-14-23(39-2)13-24(32-28)20-5-3-4-19(12-20)15-31-10-8-21-17-36(30(38)42-21)26-7-6-25-29(33-26)34-27(37)18-40-25/h3-7,12-14,21-22,31H,8-11,15-18H2,1-2H3,(H,33,34,37). The number of hydrogen-bond donors (Lipinski definition) is 2. The van der Waals surface area contributed by atoms with Gasteiger partial charge in [-0.2, -0.15) is 0 Å². The van der Waals surface area contributed by atoms with Gasteiger partial charge in [-0.25, -0.2) is 14.8 Å². The van der Waals surface area contributed by atoms with E-state index < -0.39 is 6.09 Å². The van der Waals surface area contributed by atoms with Crippen LogP contribution in [0.3, 0.4) is 0 Å². The van der Waals surface area contributed by atoms with Gasteiger partial charge in [0.25, 0.3) is 5.91 Å². The molecule has 2 aromatic heterocycles. The summed E-state index contributed by atoms with van der Waals surface area (Å²) in [5.41, 5.74) is 2.86. The van der Waals surface area contributed by atoms with Crippen LogP contribution in [-0.4, -0.2) is 86.0 Å². The first-order valence-electron chi connectivity index (χ1n) is 14.1. The lowest BCUT2D eigenvalue weighted by molar-refractivity contribution is -0.118. The van der Waals surface area contributed by atoms with Crippen LogP contribution in [-0.2, 0) is 16.1 Å². The topological polar surface area (TPSA) is 127 Å². The van der Waals surface area contributed by atoms with Crippen LogP contribution < -0.4 is 29.7 Å². The van der Waals surface area contributed by atoms with Gasteiger partial charge in [0.15, 0.2) is 18.2 Å². The first kappa shape index (κ1) is 27.7. The van der Waals surface area contributed by atoms with Crippen molar-refractivity contribution in [2.45, 2.75) is 31.6 Å². The molecule has 2 atom stereocenters. The Morgan fingerprint density at radius 3 is 2.86 bits per heavy atom. The summed E-state index contributed by atoms with van der Waals surface area (Å²) in [6.07, 6.45) is 0.998. The van der Waals surface area contributed by atoms with Crippen LogP contribution >= 0.6 is 0 Å². The van der Waals surface area contributed by atoms with Crippen LogP contribution in [0.2, 0.25) is 0 Å². The predicted molar refractivity (Wildman–Crippen MR) is 155 cm³/mol. The molecule has 0 radical (unpaired) electrons. The number of nitrogens with zero attached hydrogens (tertiary/aromatic N) is 4. The number of methoxy groups -OCH3 is 1. The first-order chi connectivity index (χ1) is 20.4. The number of amides is 2. The molecule has 42 heavy (non-hydrogen) atoms. The number of ether oxygens (including phenoxy) is 4. The normalized spacial score (nSPS) is 20.1. The van der Waals surface area contributed by atoms with Gasteiger partial charge in [-0.3, -0.25) is 9.69 Å². The molecule has 2 N–H and O–H groups in total. The van der Waals surface area contributed by atoms with Crippen molar-refractivity contribution in [1.29, 1.82) is 0 Å². The number of cyclic esters (lactones) is 1. The van der Waals surface area contributed by atoms with Crippen LogP contribution in [0.4, 0.5) is 16.4 Å². The van der Waals surface area contributed by atoms with Crippen molar-refractivity contribution in [3.63, 3.8) is 0 Å². The van der Waals surface area contributed by atoms with Crippen LogP contribution in [0.15, 0.2) is 48.5 Å². The Morgan fingerprint density at radius 2 is 2.02 bits per heavy atom. The van der Waals surface area contributed by atoms with E-state index in [1.807, 2.05) is 24.3 Å². The lowest BCUT2D eigenvalue weighted by Gasteiger charge is -2.19. The lowest BCUT2D eigenvalue weighted by Crippen LogP contribution is -2.29.